The van der Waals surface area contributed by atoms with Crippen LogP contribution in [0.1, 0.15) is 87.3 Å². The van der Waals surface area contributed by atoms with E-state index in [0.29, 0.717) is 18.8 Å². The van der Waals surface area contributed by atoms with Gasteiger partial charge in [-0.2, -0.15) is 4.39 Å². The highest BCUT2D eigenvalue weighted by Crippen LogP contribution is 2.39. The summed E-state index contributed by atoms with van der Waals surface area (Å²) in [5.41, 5.74) is 3.44. The number of rotatable bonds is 9. The second kappa shape index (κ2) is 11.2. The zero-order chi connectivity index (χ0) is 23.2. The van der Waals surface area contributed by atoms with E-state index < -0.39 is 5.82 Å². The third-order valence-electron chi connectivity index (χ3n) is 7.66. The fraction of sp³-hybridized carbons (Fsp3) is 0.552. The Labute approximate surface area is 197 Å². The quantitative estimate of drug-likeness (QED) is 0.226. The number of esters is 1. The van der Waals surface area contributed by atoms with Gasteiger partial charge in [-0.1, -0.05) is 62.9 Å². The summed E-state index contributed by atoms with van der Waals surface area (Å²) in [6.07, 6.45) is 12.9. The van der Waals surface area contributed by atoms with Crippen LogP contribution in [0.5, 0.6) is 11.5 Å². The second-order valence-electron chi connectivity index (χ2n) is 9.89. The number of aryl methyl sites for hydroxylation is 1. The van der Waals surface area contributed by atoms with E-state index in [9.17, 15) is 9.18 Å². The molecule has 0 aromatic heterocycles. The van der Waals surface area contributed by atoms with Crippen molar-refractivity contribution in [1.29, 1.82) is 0 Å². The maximum atomic E-state index is 14.4. The van der Waals surface area contributed by atoms with Gasteiger partial charge in [-0.25, -0.2) is 0 Å². The van der Waals surface area contributed by atoms with Gasteiger partial charge in [-0.3, -0.25) is 4.79 Å². The molecule has 0 amide bonds. The standard InChI is InChI=1S/C29H37FO3/c1-3-4-5-6-20-7-12-22(13-8-20)23-14-9-21(10-15-23)11-16-25-19-24-17-18-26(32-2)27(30)28(24)33-29(25)31/h9-10,14-15,17-18,20,22,25H,3-8,11-13,16,19H2,1-2H3. The Bertz CT molecular complexity index is 929. The Morgan fingerprint density at radius 1 is 1.00 bits per heavy atom. The molecule has 0 N–H and O–H groups in total. The van der Waals surface area contributed by atoms with Gasteiger partial charge < -0.3 is 9.47 Å². The Balaban J connectivity index is 1.28. The molecule has 1 heterocycles. The van der Waals surface area contributed by atoms with Gasteiger partial charge in [0.15, 0.2) is 11.5 Å². The van der Waals surface area contributed by atoms with Crippen LogP contribution in [0.25, 0.3) is 0 Å². The molecule has 3 nitrogen and oxygen atoms in total. The van der Waals surface area contributed by atoms with Crippen LogP contribution in [-0.2, 0) is 17.6 Å². The van der Waals surface area contributed by atoms with E-state index in [1.807, 2.05) is 0 Å². The number of ether oxygens (including phenoxy) is 2. The van der Waals surface area contributed by atoms with Crippen LogP contribution in [-0.4, -0.2) is 13.1 Å². The molecule has 0 spiro atoms. The van der Waals surface area contributed by atoms with Crippen molar-refractivity contribution in [1.82, 2.24) is 0 Å². The fourth-order valence-electron chi connectivity index (χ4n) is 5.52. The summed E-state index contributed by atoms with van der Waals surface area (Å²) in [5.74, 6) is 0.576. The summed E-state index contributed by atoms with van der Waals surface area (Å²) in [5, 5.41) is 0. The lowest BCUT2D eigenvalue weighted by Crippen LogP contribution is -2.28. The molecule has 33 heavy (non-hydrogen) atoms. The van der Waals surface area contributed by atoms with Crippen molar-refractivity contribution in [2.45, 2.75) is 83.5 Å². The van der Waals surface area contributed by atoms with Gasteiger partial charge in [-0.15, -0.1) is 0 Å². The SMILES string of the molecule is CCCCCC1CCC(c2ccc(CCC3Cc4ccc(OC)c(F)c4OC3=O)cc2)CC1. The number of hydrogen-bond acceptors (Lipinski definition) is 3. The molecule has 1 unspecified atom stereocenters. The number of carbonyl (C=O) groups excluding carboxylic acids is 1. The van der Waals surface area contributed by atoms with Crippen molar-refractivity contribution in [3.8, 4) is 11.5 Å². The minimum Gasteiger partial charge on any atom is -0.494 e. The molecule has 1 fully saturated rings. The van der Waals surface area contributed by atoms with E-state index in [1.54, 1.807) is 12.1 Å². The summed E-state index contributed by atoms with van der Waals surface area (Å²) in [6, 6.07) is 12.4. The van der Waals surface area contributed by atoms with E-state index in [2.05, 4.69) is 31.2 Å². The summed E-state index contributed by atoms with van der Waals surface area (Å²) in [4.78, 5) is 12.5. The molecule has 178 valence electrons. The molecule has 0 saturated heterocycles. The van der Waals surface area contributed by atoms with Crippen LogP contribution >= 0.6 is 0 Å². The van der Waals surface area contributed by atoms with Crippen molar-refractivity contribution < 1.29 is 18.7 Å². The van der Waals surface area contributed by atoms with Crippen molar-refractivity contribution >= 4 is 5.97 Å². The number of unbranched alkanes of at least 4 members (excludes halogenated alkanes) is 2. The van der Waals surface area contributed by atoms with Gasteiger partial charge >= 0.3 is 5.97 Å². The molecule has 1 saturated carbocycles. The molecular weight excluding hydrogens is 415 g/mol. The molecule has 4 rings (SSSR count). The predicted molar refractivity (Wildman–Crippen MR) is 129 cm³/mol. The molecule has 1 aliphatic carbocycles. The highest BCUT2D eigenvalue weighted by molar-refractivity contribution is 5.78. The highest BCUT2D eigenvalue weighted by Gasteiger charge is 2.31. The fourth-order valence-corrected chi connectivity index (χ4v) is 5.52. The minimum atomic E-state index is -0.590. The van der Waals surface area contributed by atoms with Gasteiger partial charge in [0.2, 0.25) is 5.82 Å². The van der Waals surface area contributed by atoms with E-state index in [1.165, 1.54) is 69.6 Å². The average Bonchev–Trinajstić information content (AvgIpc) is 2.84. The summed E-state index contributed by atoms with van der Waals surface area (Å²) >= 11 is 0. The lowest BCUT2D eigenvalue weighted by atomic mass is 9.77. The number of carbonyl (C=O) groups is 1. The first-order valence-electron chi connectivity index (χ1n) is 12.7. The first-order valence-corrected chi connectivity index (χ1v) is 12.7. The van der Waals surface area contributed by atoms with Crippen LogP contribution in [0.15, 0.2) is 36.4 Å². The Morgan fingerprint density at radius 2 is 1.76 bits per heavy atom. The monoisotopic (exact) mass is 452 g/mol. The van der Waals surface area contributed by atoms with Crippen LogP contribution in [0.3, 0.4) is 0 Å². The molecule has 1 atom stereocenters. The van der Waals surface area contributed by atoms with Gasteiger partial charge in [0.1, 0.15) is 0 Å². The highest BCUT2D eigenvalue weighted by atomic mass is 19.1. The normalized spacial score (nSPS) is 22.5. The smallest absolute Gasteiger partial charge is 0.314 e. The molecule has 0 radical (unpaired) electrons. The molecule has 1 aliphatic heterocycles. The topological polar surface area (TPSA) is 35.5 Å². The molecule has 4 heteroatoms. The Kier molecular flexibility index (Phi) is 8.06. The minimum absolute atomic E-state index is 0.0278. The molecular formula is C29H37FO3. The lowest BCUT2D eigenvalue weighted by Gasteiger charge is -2.29. The molecule has 2 aliphatic rings. The summed E-state index contributed by atoms with van der Waals surface area (Å²) in [6.45, 7) is 2.28. The van der Waals surface area contributed by atoms with E-state index in [4.69, 9.17) is 9.47 Å². The number of fused-ring (bicyclic) bond motifs is 1. The average molecular weight is 453 g/mol. The van der Waals surface area contributed by atoms with Crippen molar-refractivity contribution in [2.24, 2.45) is 11.8 Å². The van der Waals surface area contributed by atoms with Crippen LogP contribution < -0.4 is 9.47 Å². The van der Waals surface area contributed by atoms with E-state index in [0.717, 1.165) is 17.9 Å². The zero-order valence-corrected chi connectivity index (χ0v) is 20.1. The summed E-state index contributed by atoms with van der Waals surface area (Å²) in [7, 11) is 1.41. The van der Waals surface area contributed by atoms with Crippen LogP contribution in [0.2, 0.25) is 0 Å². The third-order valence-corrected chi connectivity index (χ3v) is 7.66. The van der Waals surface area contributed by atoms with E-state index >= 15 is 0 Å². The number of halogens is 1. The van der Waals surface area contributed by atoms with Crippen molar-refractivity contribution in [3.63, 3.8) is 0 Å². The number of methoxy groups -OCH3 is 1. The lowest BCUT2D eigenvalue weighted by molar-refractivity contribution is -0.140. The summed E-state index contributed by atoms with van der Waals surface area (Å²) < 4.78 is 24.7. The van der Waals surface area contributed by atoms with Crippen LogP contribution in [0, 0.1) is 17.7 Å². The molecule has 2 aromatic rings. The first-order chi connectivity index (χ1) is 16.1. The molecule has 0 bridgehead atoms. The Hall–Kier alpha value is -2.36. The van der Waals surface area contributed by atoms with E-state index in [-0.39, 0.29) is 23.4 Å². The maximum Gasteiger partial charge on any atom is 0.314 e. The van der Waals surface area contributed by atoms with Crippen molar-refractivity contribution in [2.75, 3.05) is 7.11 Å². The van der Waals surface area contributed by atoms with Crippen LogP contribution in [0.4, 0.5) is 4.39 Å². The van der Waals surface area contributed by atoms with Crippen molar-refractivity contribution in [3.05, 3.63) is 58.9 Å². The maximum absolute atomic E-state index is 14.4. The van der Waals surface area contributed by atoms with Gasteiger partial charge in [0.05, 0.1) is 13.0 Å². The predicted octanol–water partition coefficient (Wildman–Crippen LogP) is 7.40. The second-order valence-corrected chi connectivity index (χ2v) is 9.89. The largest absolute Gasteiger partial charge is 0.494 e. The number of benzene rings is 2. The van der Waals surface area contributed by atoms with Gasteiger partial charge in [-0.05, 0) is 79.5 Å². The third kappa shape index (κ3) is 5.77. The molecule has 2 aromatic carbocycles. The Morgan fingerprint density at radius 3 is 2.45 bits per heavy atom. The van der Waals surface area contributed by atoms with Gasteiger partial charge in [0.25, 0.3) is 0 Å². The van der Waals surface area contributed by atoms with Gasteiger partial charge in [0, 0.05) is 0 Å². The zero-order valence-electron chi connectivity index (χ0n) is 20.1. The number of hydrogen-bond donors (Lipinski definition) is 0. The first kappa shape index (κ1) is 23.8.